The number of para-hydroxylation sites is 1. The molecule has 3 rings (SSSR count). The molecule has 0 fully saturated rings. The fraction of sp³-hybridized carbons (Fsp3) is 0.389. The average Bonchev–Trinajstić information content (AvgIpc) is 3.24. The van der Waals surface area contributed by atoms with Crippen molar-refractivity contribution >= 4 is 0 Å². The summed E-state index contributed by atoms with van der Waals surface area (Å²) in [6.07, 6.45) is 2.60. The van der Waals surface area contributed by atoms with Crippen molar-refractivity contribution in [2.45, 2.75) is 46.2 Å². The molecule has 0 bridgehead atoms. The predicted octanol–water partition coefficient (Wildman–Crippen LogP) is 3.15. The number of tetrazole rings is 1. The molecule has 1 aromatic carbocycles. The highest BCUT2D eigenvalue weighted by Gasteiger charge is 2.29. The number of hydrogen-bond acceptors (Lipinski definition) is 5. The van der Waals surface area contributed by atoms with E-state index in [4.69, 9.17) is 4.42 Å². The van der Waals surface area contributed by atoms with Gasteiger partial charge in [0.1, 0.15) is 5.76 Å². The Bertz CT molecular complexity index is 805. The van der Waals surface area contributed by atoms with Crippen molar-refractivity contribution in [3.05, 3.63) is 59.3 Å². The number of nitrogens with zero attached hydrogens (tertiary/aromatic N) is 4. The number of nitrogens with one attached hydrogen (secondary N) is 1. The molecule has 2 heterocycles. The molecule has 2 aromatic heterocycles. The number of furan rings is 1. The lowest BCUT2D eigenvalue weighted by Crippen LogP contribution is -2.38. The van der Waals surface area contributed by atoms with Gasteiger partial charge in [0, 0.05) is 0 Å². The highest BCUT2D eigenvalue weighted by Crippen LogP contribution is 2.25. The lowest BCUT2D eigenvalue weighted by molar-refractivity contribution is 0.347. The van der Waals surface area contributed by atoms with E-state index in [1.54, 1.807) is 6.26 Å². The normalized spacial score (nSPS) is 11.8. The minimum absolute atomic E-state index is 0.413. The molecule has 0 amide bonds. The van der Waals surface area contributed by atoms with Crippen molar-refractivity contribution in [1.82, 2.24) is 25.5 Å². The van der Waals surface area contributed by atoms with E-state index in [1.807, 2.05) is 16.8 Å². The molecule has 0 aliphatic carbocycles. The van der Waals surface area contributed by atoms with Gasteiger partial charge in [0.2, 0.25) is 0 Å². The van der Waals surface area contributed by atoms with Crippen LogP contribution >= 0.6 is 0 Å². The Labute approximate surface area is 141 Å². The zero-order chi connectivity index (χ0) is 17.2. The maximum atomic E-state index is 5.40. The second kappa shape index (κ2) is 6.57. The first kappa shape index (κ1) is 16.4. The topological polar surface area (TPSA) is 68.8 Å². The highest BCUT2D eigenvalue weighted by atomic mass is 16.3. The quantitative estimate of drug-likeness (QED) is 0.754. The molecule has 0 unspecified atom stereocenters. The van der Waals surface area contributed by atoms with Crippen LogP contribution in [0, 0.1) is 6.92 Å². The summed E-state index contributed by atoms with van der Waals surface area (Å²) in [5.41, 5.74) is 3.03. The Kier molecular flexibility index (Phi) is 4.49. The maximum Gasteiger partial charge on any atom is 0.176 e. The van der Waals surface area contributed by atoms with E-state index in [1.165, 1.54) is 5.56 Å². The molecule has 0 spiro atoms. The van der Waals surface area contributed by atoms with Crippen molar-refractivity contribution in [3.8, 4) is 5.69 Å². The van der Waals surface area contributed by atoms with Crippen molar-refractivity contribution in [2.75, 3.05) is 0 Å². The van der Waals surface area contributed by atoms with Gasteiger partial charge in [-0.3, -0.25) is 5.32 Å². The van der Waals surface area contributed by atoms with Gasteiger partial charge in [0.25, 0.3) is 0 Å². The van der Waals surface area contributed by atoms with Gasteiger partial charge in [0.15, 0.2) is 5.82 Å². The fourth-order valence-corrected chi connectivity index (χ4v) is 2.84. The van der Waals surface area contributed by atoms with Crippen LogP contribution in [0.1, 0.15) is 43.5 Å². The molecule has 6 heteroatoms. The van der Waals surface area contributed by atoms with Crippen molar-refractivity contribution in [3.63, 3.8) is 0 Å². The van der Waals surface area contributed by atoms with Crippen LogP contribution in [-0.2, 0) is 18.5 Å². The van der Waals surface area contributed by atoms with Crippen LogP contribution in [0.25, 0.3) is 5.69 Å². The average molecular weight is 325 g/mol. The van der Waals surface area contributed by atoms with Gasteiger partial charge in [-0.05, 0) is 60.9 Å². The molecule has 3 aromatic rings. The van der Waals surface area contributed by atoms with E-state index in [0.717, 1.165) is 29.3 Å². The van der Waals surface area contributed by atoms with Gasteiger partial charge in [-0.25, -0.2) is 0 Å². The predicted molar refractivity (Wildman–Crippen MR) is 91.8 cm³/mol. The summed E-state index contributed by atoms with van der Waals surface area (Å²) in [7, 11) is 0. The Morgan fingerprint density at radius 1 is 1.21 bits per heavy atom. The Balaban J connectivity index is 1.95. The van der Waals surface area contributed by atoms with Gasteiger partial charge in [0.05, 0.1) is 24.0 Å². The van der Waals surface area contributed by atoms with Crippen molar-refractivity contribution in [1.29, 1.82) is 0 Å². The van der Waals surface area contributed by atoms with Crippen LogP contribution in [0.4, 0.5) is 0 Å². The van der Waals surface area contributed by atoms with E-state index in [2.05, 4.69) is 66.7 Å². The molecule has 1 N–H and O–H groups in total. The SMILES string of the molecule is CCc1cccc(C)c1-n1nnnc1C(C)(C)NCc1ccco1. The minimum atomic E-state index is -0.413. The molecule has 0 radical (unpaired) electrons. The van der Waals surface area contributed by atoms with Gasteiger partial charge in [-0.2, -0.15) is 4.68 Å². The van der Waals surface area contributed by atoms with Gasteiger partial charge in [-0.15, -0.1) is 5.10 Å². The number of hydrogen-bond donors (Lipinski definition) is 1. The monoisotopic (exact) mass is 325 g/mol. The number of benzene rings is 1. The second-order valence-corrected chi connectivity index (χ2v) is 6.41. The van der Waals surface area contributed by atoms with Gasteiger partial charge >= 0.3 is 0 Å². The summed E-state index contributed by atoms with van der Waals surface area (Å²) in [6.45, 7) is 8.98. The Morgan fingerprint density at radius 3 is 2.75 bits per heavy atom. The molecular formula is C18H23N5O. The van der Waals surface area contributed by atoms with Crippen LogP contribution in [0.15, 0.2) is 41.0 Å². The van der Waals surface area contributed by atoms with E-state index in [0.29, 0.717) is 6.54 Å². The highest BCUT2D eigenvalue weighted by molar-refractivity contribution is 5.47. The minimum Gasteiger partial charge on any atom is -0.468 e. The summed E-state index contributed by atoms with van der Waals surface area (Å²) < 4.78 is 7.25. The molecule has 126 valence electrons. The second-order valence-electron chi connectivity index (χ2n) is 6.41. The molecular weight excluding hydrogens is 302 g/mol. The smallest absolute Gasteiger partial charge is 0.176 e. The lowest BCUT2D eigenvalue weighted by atomic mass is 10.0. The summed E-state index contributed by atoms with van der Waals surface area (Å²) >= 11 is 0. The molecule has 0 aliphatic heterocycles. The van der Waals surface area contributed by atoms with Crippen LogP contribution in [0.2, 0.25) is 0 Å². The molecule has 24 heavy (non-hydrogen) atoms. The molecule has 0 atom stereocenters. The van der Waals surface area contributed by atoms with Crippen molar-refractivity contribution < 1.29 is 4.42 Å². The third-order valence-corrected chi connectivity index (χ3v) is 4.23. The van der Waals surface area contributed by atoms with E-state index >= 15 is 0 Å². The van der Waals surface area contributed by atoms with Crippen LogP contribution in [0.5, 0.6) is 0 Å². The maximum absolute atomic E-state index is 5.40. The van der Waals surface area contributed by atoms with E-state index in [-0.39, 0.29) is 0 Å². The first-order valence-corrected chi connectivity index (χ1v) is 8.18. The van der Waals surface area contributed by atoms with Gasteiger partial charge < -0.3 is 4.42 Å². The Hall–Kier alpha value is -2.47. The third kappa shape index (κ3) is 3.10. The van der Waals surface area contributed by atoms with Crippen LogP contribution in [0.3, 0.4) is 0 Å². The molecule has 0 saturated carbocycles. The van der Waals surface area contributed by atoms with Crippen molar-refractivity contribution in [2.24, 2.45) is 0 Å². The van der Waals surface area contributed by atoms with E-state index < -0.39 is 5.54 Å². The number of rotatable bonds is 6. The first-order chi connectivity index (χ1) is 11.5. The van der Waals surface area contributed by atoms with Crippen LogP contribution in [-0.4, -0.2) is 20.2 Å². The summed E-state index contributed by atoms with van der Waals surface area (Å²) in [4.78, 5) is 0. The summed E-state index contributed by atoms with van der Waals surface area (Å²) in [5, 5.41) is 15.9. The largest absolute Gasteiger partial charge is 0.468 e. The standard InChI is InChI=1S/C18H23N5O/c1-5-14-9-6-8-13(2)16(14)23-17(20-21-22-23)18(3,4)19-12-15-10-7-11-24-15/h6-11,19H,5,12H2,1-4H3. The van der Waals surface area contributed by atoms with Gasteiger partial charge in [-0.1, -0.05) is 25.1 Å². The molecule has 0 saturated heterocycles. The van der Waals surface area contributed by atoms with E-state index in [9.17, 15) is 0 Å². The number of aryl methyl sites for hydroxylation is 2. The third-order valence-electron chi connectivity index (χ3n) is 4.23. The number of aromatic nitrogens is 4. The van der Waals surface area contributed by atoms with Crippen LogP contribution < -0.4 is 5.32 Å². The summed E-state index contributed by atoms with van der Waals surface area (Å²) in [6, 6.07) is 10.1. The lowest BCUT2D eigenvalue weighted by Gasteiger charge is -2.25. The zero-order valence-electron chi connectivity index (χ0n) is 14.6. The first-order valence-electron chi connectivity index (χ1n) is 8.18. The summed E-state index contributed by atoms with van der Waals surface area (Å²) in [5.74, 6) is 1.66. The Morgan fingerprint density at radius 2 is 2.04 bits per heavy atom. The molecule has 0 aliphatic rings. The zero-order valence-corrected chi connectivity index (χ0v) is 14.6. The molecule has 6 nitrogen and oxygen atoms in total. The fourth-order valence-electron chi connectivity index (χ4n) is 2.84.